The highest BCUT2D eigenvalue weighted by Crippen LogP contribution is 2.45. The Morgan fingerprint density at radius 3 is 2.35 bits per heavy atom. The average Bonchev–Trinajstić information content (AvgIpc) is 3.10. The highest BCUT2D eigenvalue weighted by atomic mass is 16.7. The fraction of sp³-hybridized carbons (Fsp3) is 0.500. The maximum absolute atomic E-state index is 10.9. The summed E-state index contributed by atoms with van der Waals surface area (Å²) in [6.07, 6.45) is 2.63. The van der Waals surface area contributed by atoms with E-state index < -0.39 is 11.4 Å². The van der Waals surface area contributed by atoms with Crippen molar-refractivity contribution in [2.24, 2.45) is 0 Å². The van der Waals surface area contributed by atoms with Gasteiger partial charge in [0.25, 0.3) is 0 Å². The van der Waals surface area contributed by atoms with Gasteiger partial charge in [0, 0.05) is 18.2 Å². The molecule has 4 heteroatoms. The van der Waals surface area contributed by atoms with Gasteiger partial charge in [-0.1, -0.05) is 18.2 Å². The molecule has 2 aliphatic rings. The molecule has 1 saturated carbocycles. The predicted molar refractivity (Wildman–Crippen MR) is 73.2 cm³/mol. The summed E-state index contributed by atoms with van der Waals surface area (Å²) in [7, 11) is 0. The van der Waals surface area contributed by atoms with Gasteiger partial charge in [-0.2, -0.15) is 0 Å². The van der Waals surface area contributed by atoms with Crippen molar-refractivity contribution in [2.45, 2.75) is 37.1 Å². The summed E-state index contributed by atoms with van der Waals surface area (Å²) in [5, 5.41) is 11.9. The molecule has 2 heterocycles. The Hall–Kier alpha value is -1.36. The van der Waals surface area contributed by atoms with Crippen molar-refractivity contribution in [3.63, 3.8) is 0 Å². The third kappa shape index (κ3) is 1.87. The Labute approximate surface area is 117 Å². The number of benzene rings is 1. The molecule has 0 radical (unpaired) electrons. The van der Waals surface area contributed by atoms with E-state index in [0.29, 0.717) is 44.7 Å². The number of furan rings is 1. The van der Waals surface area contributed by atoms with Crippen LogP contribution in [0.1, 0.15) is 31.4 Å². The molecular weight excluding hydrogens is 256 g/mol. The van der Waals surface area contributed by atoms with E-state index in [2.05, 4.69) is 0 Å². The fourth-order valence-electron chi connectivity index (χ4n) is 3.29. The van der Waals surface area contributed by atoms with Crippen LogP contribution in [0.5, 0.6) is 0 Å². The molecule has 0 amide bonds. The SMILES string of the molecule is OC1(c2cc3ccccc3o2)CCC2(CC1)OCCO2. The third-order valence-corrected chi connectivity index (χ3v) is 4.54. The molecule has 106 valence electrons. The summed E-state index contributed by atoms with van der Waals surface area (Å²) in [5.41, 5.74) is -0.0795. The lowest BCUT2D eigenvalue weighted by molar-refractivity contribution is -0.206. The molecule has 1 N–H and O–H groups in total. The van der Waals surface area contributed by atoms with Crippen LogP contribution in [0.4, 0.5) is 0 Å². The number of hydrogen-bond acceptors (Lipinski definition) is 4. The molecule has 2 aromatic rings. The normalized spacial score (nSPS) is 24.4. The number of aliphatic hydroxyl groups is 1. The van der Waals surface area contributed by atoms with E-state index in [-0.39, 0.29) is 0 Å². The number of ether oxygens (including phenoxy) is 2. The van der Waals surface area contributed by atoms with Gasteiger partial charge >= 0.3 is 0 Å². The summed E-state index contributed by atoms with van der Waals surface area (Å²) in [6.45, 7) is 1.31. The van der Waals surface area contributed by atoms with E-state index in [1.807, 2.05) is 30.3 Å². The molecule has 0 bridgehead atoms. The minimum Gasteiger partial charge on any atom is -0.458 e. The smallest absolute Gasteiger partial charge is 0.168 e. The number of rotatable bonds is 1. The predicted octanol–water partition coefficient (Wildman–Crippen LogP) is 2.94. The maximum atomic E-state index is 10.9. The molecule has 1 aliphatic heterocycles. The largest absolute Gasteiger partial charge is 0.458 e. The zero-order valence-corrected chi connectivity index (χ0v) is 11.3. The van der Waals surface area contributed by atoms with Crippen molar-refractivity contribution in [1.82, 2.24) is 0 Å². The minimum absolute atomic E-state index is 0.460. The molecule has 0 atom stereocenters. The van der Waals surface area contributed by atoms with Gasteiger partial charge in [-0.3, -0.25) is 0 Å². The first-order valence-electron chi connectivity index (χ1n) is 7.19. The van der Waals surface area contributed by atoms with Crippen molar-refractivity contribution in [3.8, 4) is 0 Å². The molecule has 4 rings (SSSR count). The molecule has 20 heavy (non-hydrogen) atoms. The molecule has 1 spiro atoms. The van der Waals surface area contributed by atoms with Gasteiger partial charge in [0.15, 0.2) is 5.79 Å². The van der Waals surface area contributed by atoms with Gasteiger partial charge in [-0.25, -0.2) is 0 Å². The number of fused-ring (bicyclic) bond motifs is 1. The highest BCUT2D eigenvalue weighted by Gasteiger charge is 2.47. The molecule has 2 fully saturated rings. The first kappa shape index (κ1) is 12.4. The molecule has 0 unspecified atom stereocenters. The second-order valence-corrected chi connectivity index (χ2v) is 5.79. The molecule has 1 aliphatic carbocycles. The Bertz CT molecular complexity index is 581. The van der Waals surface area contributed by atoms with E-state index >= 15 is 0 Å². The van der Waals surface area contributed by atoms with Crippen LogP contribution in [0.2, 0.25) is 0 Å². The van der Waals surface area contributed by atoms with Crippen LogP contribution in [0.25, 0.3) is 11.0 Å². The monoisotopic (exact) mass is 274 g/mol. The molecule has 4 nitrogen and oxygen atoms in total. The molecule has 1 saturated heterocycles. The molecule has 1 aromatic carbocycles. The van der Waals surface area contributed by atoms with Crippen LogP contribution in [-0.2, 0) is 15.1 Å². The quantitative estimate of drug-likeness (QED) is 0.868. The minimum atomic E-state index is -0.903. The van der Waals surface area contributed by atoms with Crippen molar-refractivity contribution < 1.29 is 19.0 Å². The van der Waals surface area contributed by atoms with E-state index in [1.165, 1.54) is 0 Å². The Kier molecular flexibility index (Phi) is 2.67. The maximum Gasteiger partial charge on any atom is 0.168 e. The summed E-state index contributed by atoms with van der Waals surface area (Å²) in [5.74, 6) is 0.199. The van der Waals surface area contributed by atoms with Gasteiger partial charge in [-0.15, -0.1) is 0 Å². The van der Waals surface area contributed by atoms with Crippen molar-refractivity contribution in [2.75, 3.05) is 13.2 Å². The van der Waals surface area contributed by atoms with Gasteiger partial charge in [-0.05, 0) is 25.0 Å². The van der Waals surface area contributed by atoms with Crippen LogP contribution in [0, 0.1) is 0 Å². The van der Waals surface area contributed by atoms with Crippen LogP contribution in [0.3, 0.4) is 0 Å². The van der Waals surface area contributed by atoms with Crippen molar-refractivity contribution in [1.29, 1.82) is 0 Å². The van der Waals surface area contributed by atoms with Crippen LogP contribution in [0.15, 0.2) is 34.7 Å². The molecule has 1 aromatic heterocycles. The van der Waals surface area contributed by atoms with E-state index in [4.69, 9.17) is 13.9 Å². The standard InChI is InChI=1S/C16H18O4/c17-15(5-7-16(8-6-15)18-9-10-19-16)14-11-12-3-1-2-4-13(12)20-14/h1-4,11,17H,5-10H2. The Morgan fingerprint density at radius 2 is 1.65 bits per heavy atom. The fourth-order valence-corrected chi connectivity index (χ4v) is 3.29. The summed E-state index contributed by atoms with van der Waals surface area (Å²) in [4.78, 5) is 0. The third-order valence-electron chi connectivity index (χ3n) is 4.54. The van der Waals surface area contributed by atoms with Crippen LogP contribution < -0.4 is 0 Å². The topological polar surface area (TPSA) is 51.8 Å². The summed E-state index contributed by atoms with van der Waals surface area (Å²) in [6, 6.07) is 9.79. The summed E-state index contributed by atoms with van der Waals surface area (Å²) < 4.78 is 17.2. The zero-order chi connectivity index (χ0) is 13.6. The van der Waals surface area contributed by atoms with E-state index in [1.54, 1.807) is 0 Å². The molecular formula is C16H18O4. The lowest BCUT2D eigenvalue weighted by atomic mass is 9.80. The first-order chi connectivity index (χ1) is 9.69. The number of hydrogen-bond donors (Lipinski definition) is 1. The second kappa shape index (κ2) is 4.32. The second-order valence-electron chi connectivity index (χ2n) is 5.79. The van der Waals surface area contributed by atoms with Gasteiger partial charge in [0.2, 0.25) is 0 Å². The van der Waals surface area contributed by atoms with Gasteiger partial charge < -0.3 is 19.0 Å². The highest BCUT2D eigenvalue weighted by molar-refractivity contribution is 5.77. The lowest BCUT2D eigenvalue weighted by Crippen LogP contribution is -2.41. The first-order valence-corrected chi connectivity index (χ1v) is 7.19. The van der Waals surface area contributed by atoms with Crippen LogP contribution in [-0.4, -0.2) is 24.1 Å². The van der Waals surface area contributed by atoms with E-state index in [0.717, 1.165) is 11.0 Å². The van der Waals surface area contributed by atoms with Gasteiger partial charge in [0.1, 0.15) is 16.9 Å². The number of para-hydroxylation sites is 1. The Morgan fingerprint density at radius 1 is 0.950 bits per heavy atom. The van der Waals surface area contributed by atoms with Crippen molar-refractivity contribution >= 4 is 11.0 Å². The lowest BCUT2D eigenvalue weighted by Gasteiger charge is -2.39. The Balaban J connectivity index is 1.61. The summed E-state index contributed by atoms with van der Waals surface area (Å²) >= 11 is 0. The average molecular weight is 274 g/mol. The van der Waals surface area contributed by atoms with Crippen LogP contribution >= 0.6 is 0 Å². The van der Waals surface area contributed by atoms with Crippen molar-refractivity contribution in [3.05, 3.63) is 36.1 Å². The zero-order valence-electron chi connectivity index (χ0n) is 11.3. The van der Waals surface area contributed by atoms with Gasteiger partial charge in [0.05, 0.1) is 13.2 Å². The van der Waals surface area contributed by atoms with E-state index in [9.17, 15) is 5.11 Å².